The molecule has 0 aliphatic carbocycles. The van der Waals surface area contributed by atoms with E-state index in [-0.39, 0.29) is 29.2 Å². The predicted octanol–water partition coefficient (Wildman–Crippen LogP) is 0.961. The van der Waals surface area contributed by atoms with Crippen molar-refractivity contribution in [3.05, 3.63) is 35.1 Å². The van der Waals surface area contributed by atoms with Gasteiger partial charge in [-0.25, -0.2) is 12.8 Å². The molecule has 0 atom stereocenters. The van der Waals surface area contributed by atoms with Crippen molar-refractivity contribution >= 4 is 9.84 Å². The molecule has 0 aromatic heterocycles. The van der Waals surface area contributed by atoms with Gasteiger partial charge in [0, 0.05) is 0 Å². The van der Waals surface area contributed by atoms with E-state index in [1.54, 1.807) is 0 Å². The van der Waals surface area contributed by atoms with E-state index < -0.39 is 15.7 Å². The fourth-order valence-electron chi connectivity index (χ4n) is 1.40. The van der Waals surface area contributed by atoms with Crippen LogP contribution in [0.15, 0.2) is 18.2 Å². The van der Waals surface area contributed by atoms with Gasteiger partial charge < -0.3 is 5.73 Å². The topological polar surface area (TPSA) is 84.0 Å². The van der Waals surface area contributed by atoms with E-state index in [4.69, 9.17) is 11.0 Å². The molecule has 92 valence electrons. The molecular formula is C11H13FN2O2S. The number of hydrogen-bond acceptors (Lipinski definition) is 4. The van der Waals surface area contributed by atoms with Gasteiger partial charge in [-0.2, -0.15) is 5.26 Å². The molecule has 0 radical (unpaired) electrons. The first-order valence-corrected chi connectivity index (χ1v) is 6.89. The third kappa shape index (κ3) is 4.13. The molecule has 0 heterocycles. The molecule has 4 nitrogen and oxygen atoms in total. The molecule has 0 saturated carbocycles. The molecule has 0 bridgehead atoms. The van der Waals surface area contributed by atoms with Gasteiger partial charge in [-0.1, -0.05) is 0 Å². The standard InChI is InChI=1S/C11H13FN2O2S/c12-11-3-2-9(7-14)10(6-11)8-17(15,16)5-1-4-13/h2-3,6H,1,4-5,8,13H2. The summed E-state index contributed by atoms with van der Waals surface area (Å²) in [6.07, 6.45) is 0.361. The molecule has 0 saturated heterocycles. The summed E-state index contributed by atoms with van der Waals surface area (Å²) in [6, 6.07) is 5.34. The maximum absolute atomic E-state index is 13.0. The summed E-state index contributed by atoms with van der Waals surface area (Å²) in [5, 5.41) is 8.79. The van der Waals surface area contributed by atoms with Crippen molar-refractivity contribution in [2.45, 2.75) is 12.2 Å². The van der Waals surface area contributed by atoms with Crippen LogP contribution in [-0.2, 0) is 15.6 Å². The Morgan fingerprint density at radius 2 is 2.12 bits per heavy atom. The van der Waals surface area contributed by atoms with Crippen LogP contribution in [0.3, 0.4) is 0 Å². The first-order valence-electron chi connectivity index (χ1n) is 5.07. The van der Waals surface area contributed by atoms with Crippen LogP contribution in [0.4, 0.5) is 4.39 Å². The minimum Gasteiger partial charge on any atom is -0.330 e. The molecule has 0 amide bonds. The van der Waals surface area contributed by atoms with Crippen LogP contribution >= 0.6 is 0 Å². The zero-order valence-corrected chi connectivity index (χ0v) is 10.0. The van der Waals surface area contributed by atoms with Crippen molar-refractivity contribution in [2.24, 2.45) is 5.73 Å². The minimum absolute atomic E-state index is 0.0507. The molecule has 2 N–H and O–H groups in total. The second-order valence-electron chi connectivity index (χ2n) is 3.65. The van der Waals surface area contributed by atoms with Crippen molar-refractivity contribution < 1.29 is 12.8 Å². The lowest BCUT2D eigenvalue weighted by molar-refractivity contribution is 0.592. The lowest BCUT2D eigenvalue weighted by Crippen LogP contribution is -2.14. The molecular weight excluding hydrogens is 243 g/mol. The van der Waals surface area contributed by atoms with Crippen LogP contribution in [0.5, 0.6) is 0 Å². The summed E-state index contributed by atoms with van der Waals surface area (Å²) >= 11 is 0. The molecule has 1 aromatic rings. The molecule has 0 fully saturated rings. The average Bonchev–Trinajstić information content (AvgIpc) is 2.26. The summed E-state index contributed by atoms with van der Waals surface area (Å²) < 4.78 is 36.3. The van der Waals surface area contributed by atoms with Crippen molar-refractivity contribution in [1.29, 1.82) is 5.26 Å². The van der Waals surface area contributed by atoms with Gasteiger partial charge in [-0.3, -0.25) is 0 Å². The van der Waals surface area contributed by atoms with E-state index in [2.05, 4.69) is 0 Å². The van der Waals surface area contributed by atoms with E-state index in [1.807, 2.05) is 6.07 Å². The minimum atomic E-state index is -3.34. The molecule has 0 aliphatic heterocycles. The number of nitrogens with zero attached hydrogens (tertiary/aromatic N) is 1. The van der Waals surface area contributed by atoms with Gasteiger partial charge in [-0.15, -0.1) is 0 Å². The van der Waals surface area contributed by atoms with Gasteiger partial charge in [0.05, 0.1) is 23.1 Å². The first-order chi connectivity index (χ1) is 7.98. The second-order valence-corrected chi connectivity index (χ2v) is 5.83. The zero-order chi connectivity index (χ0) is 12.9. The van der Waals surface area contributed by atoms with Crippen LogP contribution < -0.4 is 5.73 Å². The number of nitrogens with two attached hydrogens (primary N) is 1. The van der Waals surface area contributed by atoms with Gasteiger partial charge in [-0.05, 0) is 36.7 Å². The SMILES string of the molecule is N#Cc1ccc(F)cc1CS(=O)(=O)CCCN. The number of sulfone groups is 1. The van der Waals surface area contributed by atoms with E-state index in [0.29, 0.717) is 6.42 Å². The number of nitriles is 1. The monoisotopic (exact) mass is 256 g/mol. The largest absolute Gasteiger partial charge is 0.330 e. The molecule has 1 rings (SSSR count). The Hall–Kier alpha value is -1.45. The third-order valence-electron chi connectivity index (χ3n) is 2.22. The highest BCUT2D eigenvalue weighted by Gasteiger charge is 2.14. The molecule has 1 aromatic carbocycles. The second kappa shape index (κ2) is 5.75. The maximum atomic E-state index is 13.0. The smallest absolute Gasteiger partial charge is 0.154 e. The van der Waals surface area contributed by atoms with Crippen molar-refractivity contribution in [3.8, 4) is 6.07 Å². The molecule has 0 aliphatic rings. The van der Waals surface area contributed by atoms with E-state index in [9.17, 15) is 12.8 Å². The highest BCUT2D eigenvalue weighted by Crippen LogP contribution is 2.14. The van der Waals surface area contributed by atoms with Gasteiger partial charge in [0.1, 0.15) is 5.82 Å². The zero-order valence-electron chi connectivity index (χ0n) is 9.19. The normalized spacial score (nSPS) is 11.1. The number of benzene rings is 1. The fourth-order valence-corrected chi connectivity index (χ4v) is 2.87. The van der Waals surface area contributed by atoms with Crippen molar-refractivity contribution in [3.63, 3.8) is 0 Å². The van der Waals surface area contributed by atoms with E-state index in [0.717, 1.165) is 12.1 Å². The van der Waals surface area contributed by atoms with E-state index in [1.165, 1.54) is 6.07 Å². The summed E-state index contributed by atoms with van der Waals surface area (Å²) in [7, 11) is -3.34. The Morgan fingerprint density at radius 3 is 2.71 bits per heavy atom. The van der Waals surface area contributed by atoms with Gasteiger partial charge >= 0.3 is 0 Å². The summed E-state index contributed by atoms with van der Waals surface area (Å²) in [6.45, 7) is 0.285. The summed E-state index contributed by atoms with van der Waals surface area (Å²) in [5.74, 6) is -0.925. The number of rotatable bonds is 5. The lowest BCUT2D eigenvalue weighted by Gasteiger charge is -2.05. The highest BCUT2D eigenvalue weighted by atomic mass is 32.2. The summed E-state index contributed by atoms with van der Waals surface area (Å²) in [4.78, 5) is 0. The Labute approximate surface area is 99.8 Å². The quantitative estimate of drug-likeness (QED) is 0.850. The van der Waals surface area contributed by atoms with Crippen LogP contribution in [0.1, 0.15) is 17.5 Å². The number of hydrogen-bond donors (Lipinski definition) is 1. The Kier molecular flexibility index (Phi) is 4.61. The number of halogens is 1. The summed E-state index contributed by atoms with van der Waals surface area (Å²) in [5.41, 5.74) is 5.61. The first kappa shape index (κ1) is 13.6. The highest BCUT2D eigenvalue weighted by molar-refractivity contribution is 7.90. The van der Waals surface area contributed by atoms with E-state index >= 15 is 0 Å². The molecule has 6 heteroatoms. The fraction of sp³-hybridized carbons (Fsp3) is 0.364. The van der Waals surface area contributed by atoms with Crippen LogP contribution in [0.2, 0.25) is 0 Å². The molecule has 17 heavy (non-hydrogen) atoms. The average molecular weight is 256 g/mol. The lowest BCUT2D eigenvalue weighted by atomic mass is 10.1. The Balaban J connectivity index is 2.95. The predicted molar refractivity (Wildman–Crippen MR) is 62.3 cm³/mol. The van der Waals surface area contributed by atoms with Crippen LogP contribution in [-0.4, -0.2) is 20.7 Å². The van der Waals surface area contributed by atoms with Crippen molar-refractivity contribution in [1.82, 2.24) is 0 Å². The van der Waals surface area contributed by atoms with Crippen LogP contribution in [0.25, 0.3) is 0 Å². The van der Waals surface area contributed by atoms with Gasteiger partial charge in [0.15, 0.2) is 9.84 Å². The van der Waals surface area contributed by atoms with Gasteiger partial charge in [0.2, 0.25) is 0 Å². The van der Waals surface area contributed by atoms with Crippen molar-refractivity contribution in [2.75, 3.05) is 12.3 Å². The van der Waals surface area contributed by atoms with Gasteiger partial charge in [0.25, 0.3) is 0 Å². The molecule has 0 unspecified atom stereocenters. The third-order valence-corrected chi connectivity index (χ3v) is 3.88. The van der Waals surface area contributed by atoms with Crippen LogP contribution in [0, 0.1) is 17.1 Å². The Bertz CT molecular complexity index is 535. The Morgan fingerprint density at radius 1 is 1.41 bits per heavy atom. The maximum Gasteiger partial charge on any atom is 0.154 e. The molecule has 0 spiro atoms.